The molecule has 1 fully saturated rings. The number of nitrogens with two attached hydrogens (primary N) is 1. The molecule has 1 saturated heterocycles. The number of likely N-dealkylation sites (tertiary alicyclic amines) is 1. The van der Waals surface area contributed by atoms with Crippen LogP contribution in [0.15, 0.2) is 18.2 Å². The topological polar surface area (TPSA) is 38.5 Å². The number of benzene rings is 1. The Morgan fingerprint density at radius 2 is 2.06 bits per heavy atom. The molecule has 0 unspecified atom stereocenters. The maximum Gasteiger partial charge on any atom is 0.122 e. The zero-order valence-electron chi connectivity index (χ0n) is 11.1. The Labute approximate surface area is 114 Å². The Hall–Kier alpha value is -0.770. The van der Waals surface area contributed by atoms with E-state index >= 15 is 0 Å². The van der Waals surface area contributed by atoms with Gasteiger partial charge in [-0.05, 0) is 63.2 Å². The van der Waals surface area contributed by atoms with Gasteiger partial charge < -0.3 is 15.4 Å². The summed E-state index contributed by atoms with van der Waals surface area (Å²) in [6.07, 6.45) is 2.85. The Kier molecular flexibility index (Phi) is 4.15. The number of piperidine rings is 1. The van der Waals surface area contributed by atoms with Gasteiger partial charge in [-0.2, -0.15) is 0 Å². The Bertz CT molecular complexity index is 414. The summed E-state index contributed by atoms with van der Waals surface area (Å²) >= 11 is 6.06. The molecular weight excluding hydrogens is 248 g/mol. The first-order valence-corrected chi connectivity index (χ1v) is 6.70. The zero-order valence-corrected chi connectivity index (χ0v) is 11.8. The smallest absolute Gasteiger partial charge is 0.122 e. The van der Waals surface area contributed by atoms with E-state index in [9.17, 15) is 0 Å². The molecule has 1 aromatic carbocycles. The molecule has 18 heavy (non-hydrogen) atoms. The highest BCUT2D eigenvalue weighted by Crippen LogP contribution is 2.30. The predicted molar refractivity (Wildman–Crippen MR) is 75.4 cm³/mol. The summed E-state index contributed by atoms with van der Waals surface area (Å²) in [6, 6.07) is 5.73. The number of rotatable bonds is 3. The van der Waals surface area contributed by atoms with Crippen LogP contribution in [0.4, 0.5) is 0 Å². The fourth-order valence-corrected chi connectivity index (χ4v) is 2.70. The Morgan fingerprint density at radius 1 is 1.39 bits per heavy atom. The third-order valence-corrected chi connectivity index (χ3v) is 4.00. The van der Waals surface area contributed by atoms with E-state index in [0.29, 0.717) is 0 Å². The van der Waals surface area contributed by atoms with Crippen molar-refractivity contribution in [2.24, 2.45) is 5.73 Å². The van der Waals surface area contributed by atoms with E-state index in [4.69, 9.17) is 22.1 Å². The van der Waals surface area contributed by atoms with Crippen molar-refractivity contribution < 1.29 is 4.74 Å². The first kappa shape index (κ1) is 13.7. The first-order valence-electron chi connectivity index (χ1n) is 6.32. The molecule has 1 aliphatic heterocycles. The van der Waals surface area contributed by atoms with E-state index in [1.165, 1.54) is 0 Å². The number of hydrogen-bond acceptors (Lipinski definition) is 3. The Morgan fingerprint density at radius 3 is 2.67 bits per heavy atom. The second kappa shape index (κ2) is 5.47. The van der Waals surface area contributed by atoms with E-state index in [1.54, 1.807) is 7.11 Å². The molecule has 2 N–H and O–H groups in total. The van der Waals surface area contributed by atoms with E-state index in [0.717, 1.165) is 48.7 Å². The highest BCUT2D eigenvalue weighted by atomic mass is 35.5. The minimum atomic E-state index is -0.134. The minimum absolute atomic E-state index is 0.134. The predicted octanol–water partition coefficient (Wildman–Crippen LogP) is 2.31. The van der Waals surface area contributed by atoms with Crippen molar-refractivity contribution >= 4 is 11.6 Å². The van der Waals surface area contributed by atoms with Gasteiger partial charge in [0.2, 0.25) is 0 Å². The lowest BCUT2D eigenvalue weighted by Crippen LogP contribution is -2.50. The number of nitrogens with zero attached hydrogens (tertiary/aromatic N) is 1. The minimum Gasteiger partial charge on any atom is -0.496 e. The van der Waals surface area contributed by atoms with E-state index in [1.807, 2.05) is 18.2 Å². The van der Waals surface area contributed by atoms with Crippen LogP contribution in [-0.4, -0.2) is 37.7 Å². The molecule has 0 atom stereocenters. The fourth-order valence-electron chi connectivity index (χ4n) is 2.51. The van der Waals surface area contributed by atoms with Crippen LogP contribution in [0.3, 0.4) is 0 Å². The number of methoxy groups -OCH3 is 1. The summed E-state index contributed by atoms with van der Waals surface area (Å²) in [6.45, 7) is 2.11. The first-order chi connectivity index (χ1) is 8.52. The maximum atomic E-state index is 6.50. The van der Waals surface area contributed by atoms with Gasteiger partial charge in [-0.3, -0.25) is 0 Å². The maximum absolute atomic E-state index is 6.50. The number of halogens is 1. The van der Waals surface area contributed by atoms with Crippen LogP contribution in [0.2, 0.25) is 5.02 Å². The molecule has 1 aliphatic rings. The average molecular weight is 269 g/mol. The molecule has 0 radical (unpaired) electrons. The molecule has 0 amide bonds. The SMILES string of the molecule is COc1ccc(Cl)cc1CC1(N)CCN(C)CC1. The second-order valence-corrected chi connectivity index (χ2v) is 5.74. The molecular formula is C14H21ClN2O. The average Bonchev–Trinajstić information content (AvgIpc) is 2.34. The summed E-state index contributed by atoms with van der Waals surface area (Å²) in [5.41, 5.74) is 7.48. The van der Waals surface area contributed by atoms with Gasteiger partial charge in [0.1, 0.15) is 5.75 Å². The lowest BCUT2D eigenvalue weighted by atomic mass is 9.83. The second-order valence-electron chi connectivity index (χ2n) is 5.30. The van der Waals surface area contributed by atoms with Gasteiger partial charge in [-0.1, -0.05) is 11.6 Å². The molecule has 0 spiro atoms. The summed E-state index contributed by atoms with van der Waals surface area (Å²) in [5.74, 6) is 0.878. The molecule has 3 nitrogen and oxygen atoms in total. The Balaban J connectivity index is 2.15. The highest BCUT2D eigenvalue weighted by molar-refractivity contribution is 6.30. The van der Waals surface area contributed by atoms with E-state index in [-0.39, 0.29) is 5.54 Å². The quantitative estimate of drug-likeness (QED) is 0.914. The van der Waals surface area contributed by atoms with Gasteiger partial charge in [-0.25, -0.2) is 0 Å². The van der Waals surface area contributed by atoms with Crippen LogP contribution in [0.5, 0.6) is 5.75 Å². The van der Waals surface area contributed by atoms with Crippen molar-refractivity contribution in [3.63, 3.8) is 0 Å². The van der Waals surface area contributed by atoms with Crippen molar-refractivity contribution in [2.45, 2.75) is 24.8 Å². The van der Waals surface area contributed by atoms with Gasteiger partial charge in [0.05, 0.1) is 7.11 Å². The molecule has 1 heterocycles. The third kappa shape index (κ3) is 3.16. The molecule has 0 aliphatic carbocycles. The standard InChI is InChI=1S/C14H21ClN2O/c1-17-7-5-14(16,6-8-17)10-11-9-12(15)3-4-13(11)18-2/h3-4,9H,5-8,10,16H2,1-2H3. The highest BCUT2D eigenvalue weighted by Gasteiger charge is 2.30. The lowest BCUT2D eigenvalue weighted by molar-refractivity contribution is 0.189. The summed E-state index contributed by atoms with van der Waals surface area (Å²) < 4.78 is 5.38. The molecule has 0 saturated carbocycles. The third-order valence-electron chi connectivity index (χ3n) is 3.77. The fraction of sp³-hybridized carbons (Fsp3) is 0.571. The van der Waals surface area contributed by atoms with Crippen LogP contribution < -0.4 is 10.5 Å². The van der Waals surface area contributed by atoms with Gasteiger partial charge in [0.15, 0.2) is 0 Å². The van der Waals surface area contributed by atoms with Crippen LogP contribution in [0, 0.1) is 0 Å². The summed E-state index contributed by atoms with van der Waals surface area (Å²) in [7, 11) is 3.82. The van der Waals surface area contributed by atoms with Crippen LogP contribution >= 0.6 is 11.6 Å². The molecule has 4 heteroatoms. The van der Waals surface area contributed by atoms with E-state index in [2.05, 4.69) is 11.9 Å². The molecule has 2 rings (SSSR count). The molecule has 0 aromatic heterocycles. The van der Waals surface area contributed by atoms with Crippen LogP contribution in [-0.2, 0) is 6.42 Å². The van der Waals surface area contributed by atoms with Crippen LogP contribution in [0.1, 0.15) is 18.4 Å². The van der Waals surface area contributed by atoms with Gasteiger partial charge in [0, 0.05) is 10.6 Å². The van der Waals surface area contributed by atoms with Crippen molar-refractivity contribution in [3.05, 3.63) is 28.8 Å². The summed E-state index contributed by atoms with van der Waals surface area (Å²) in [4.78, 5) is 2.32. The van der Waals surface area contributed by atoms with Gasteiger partial charge in [0.25, 0.3) is 0 Å². The van der Waals surface area contributed by atoms with Crippen LogP contribution in [0.25, 0.3) is 0 Å². The monoisotopic (exact) mass is 268 g/mol. The normalized spacial score (nSPS) is 19.8. The molecule has 100 valence electrons. The van der Waals surface area contributed by atoms with E-state index < -0.39 is 0 Å². The number of ether oxygens (including phenoxy) is 1. The zero-order chi connectivity index (χ0) is 13.2. The van der Waals surface area contributed by atoms with Gasteiger partial charge >= 0.3 is 0 Å². The van der Waals surface area contributed by atoms with Gasteiger partial charge in [-0.15, -0.1) is 0 Å². The lowest BCUT2D eigenvalue weighted by Gasteiger charge is -2.38. The molecule has 0 bridgehead atoms. The van der Waals surface area contributed by atoms with Crippen molar-refractivity contribution in [3.8, 4) is 5.75 Å². The largest absolute Gasteiger partial charge is 0.496 e. The van der Waals surface area contributed by atoms with Crippen molar-refractivity contribution in [1.82, 2.24) is 4.90 Å². The summed E-state index contributed by atoms with van der Waals surface area (Å²) in [5, 5.41) is 0.738. The van der Waals surface area contributed by atoms with Crippen molar-refractivity contribution in [2.75, 3.05) is 27.2 Å². The number of hydrogen-bond donors (Lipinski definition) is 1. The van der Waals surface area contributed by atoms with Crippen molar-refractivity contribution in [1.29, 1.82) is 0 Å². The molecule has 1 aromatic rings.